The zero-order valence-electron chi connectivity index (χ0n) is 11.7. The van der Waals surface area contributed by atoms with Gasteiger partial charge in [-0.05, 0) is 29.7 Å². The summed E-state index contributed by atoms with van der Waals surface area (Å²) < 4.78 is 0. The first-order valence-electron chi connectivity index (χ1n) is 6.90. The van der Waals surface area contributed by atoms with E-state index in [4.69, 9.17) is 23.2 Å². The molecule has 0 radical (unpaired) electrons. The van der Waals surface area contributed by atoms with Crippen LogP contribution in [0.3, 0.4) is 0 Å². The Hall–Kier alpha value is -2.37. The minimum Gasteiger partial charge on any atom is -0.343 e. The monoisotopic (exact) mass is 344 g/mol. The molecule has 2 N–H and O–H groups in total. The third-order valence-electron chi connectivity index (χ3n) is 3.64. The SMILES string of the molecule is O=c1[nH]ccc2ccc3c(c12)=NC(Nc1c(Cl)cccc1Cl)N=3. The summed E-state index contributed by atoms with van der Waals surface area (Å²) in [5, 5.41) is 6.66. The van der Waals surface area contributed by atoms with Crippen LogP contribution in [0, 0.1) is 0 Å². The molecular formula is C16H10Cl2N4O. The molecule has 0 saturated carbocycles. The van der Waals surface area contributed by atoms with Gasteiger partial charge in [-0.3, -0.25) is 4.79 Å². The van der Waals surface area contributed by atoms with Crippen molar-refractivity contribution in [2.45, 2.75) is 6.29 Å². The Labute approximate surface area is 140 Å². The number of para-hydroxylation sites is 1. The molecular weight excluding hydrogens is 335 g/mol. The Bertz CT molecular complexity index is 1090. The highest BCUT2D eigenvalue weighted by atomic mass is 35.5. The molecule has 1 atom stereocenters. The second kappa shape index (κ2) is 5.37. The number of anilines is 1. The normalized spacial score (nSPS) is 15.8. The van der Waals surface area contributed by atoms with Gasteiger partial charge in [0.2, 0.25) is 6.29 Å². The summed E-state index contributed by atoms with van der Waals surface area (Å²) in [5.41, 5.74) is 0.383. The number of aromatic amines is 1. The topological polar surface area (TPSA) is 69.6 Å². The maximum absolute atomic E-state index is 12.1. The molecule has 2 aromatic carbocycles. The van der Waals surface area contributed by atoms with Crippen LogP contribution in [0.25, 0.3) is 10.8 Å². The van der Waals surface area contributed by atoms with Gasteiger partial charge in [-0.25, -0.2) is 9.98 Å². The maximum atomic E-state index is 12.1. The molecule has 23 heavy (non-hydrogen) atoms. The molecule has 0 saturated heterocycles. The van der Waals surface area contributed by atoms with Crippen LogP contribution in [-0.2, 0) is 0 Å². The molecule has 3 aromatic rings. The quantitative estimate of drug-likeness (QED) is 0.749. The van der Waals surface area contributed by atoms with E-state index in [0.29, 0.717) is 31.8 Å². The summed E-state index contributed by atoms with van der Waals surface area (Å²) in [5.74, 6) is 0. The molecule has 2 heterocycles. The lowest BCUT2D eigenvalue weighted by Crippen LogP contribution is -2.27. The lowest BCUT2D eigenvalue weighted by atomic mass is 10.1. The van der Waals surface area contributed by atoms with E-state index in [1.807, 2.05) is 18.2 Å². The maximum Gasteiger partial charge on any atom is 0.258 e. The number of benzene rings is 2. The van der Waals surface area contributed by atoms with E-state index in [2.05, 4.69) is 20.3 Å². The average Bonchev–Trinajstić information content (AvgIpc) is 2.94. The van der Waals surface area contributed by atoms with Crippen LogP contribution in [-0.4, -0.2) is 11.3 Å². The standard InChI is InChI=1S/C16H10Cl2N4O/c17-9-2-1-3-10(18)13(9)21-16-20-11-5-4-8-6-7-19-15(23)12(8)14(11)22-16/h1-7,16,21H,(H,19,23). The van der Waals surface area contributed by atoms with Crippen molar-refractivity contribution in [1.29, 1.82) is 0 Å². The summed E-state index contributed by atoms with van der Waals surface area (Å²) in [7, 11) is 0. The van der Waals surface area contributed by atoms with E-state index >= 15 is 0 Å². The van der Waals surface area contributed by atoms with Crippen LogP contribution in [0.2, 0.25) is 10.0 Å². The molecule has 0 bridgehead atoms. The predicted octanol–water partition coefficient (Wildman–Crippen LogP) is 2.48. The van der Waals surface area contributed by atoms with Crippen molar-refractivity contribution in [1.82, 2.24) is 4.98 Å². The molecule has 4 rings (SSSR count). The molecule has 0 aliphatic carbocycles. The van der Waals surface area contributed by atoms with Gasteiger partial charge in [0.15, 0.2) is 0 Å². The number of H-pyrrole nitrogens is 1. The Balaban J connectivity index is 1.85. The number of nitrogens with zero attached hydrogens (tertiary/aromatic N) is 2. The average molecular weight is 345 g/mol. The number of nitrogens with one attached hydrogen (secondary N) is 2. The van der Waals surface area contributed by atoms with Crippen molar-refractivity contribution < 1.29 is 0 Å². The fourth-order valence-corrected chi connectivity index (χ4v) is 3.11. The van der Waals surface area contributed by atoms with Crippen LogP contribution >= 0.6 is 23.2 Å². The van der Waals surface area contributed by atoms with E-state index in [1.54, 1.807) is 24.4 Å². The van der Waals surface area contributed by atoms with Crippen molar-refractivity contribution in [3.8, 4) is 0 Å². The molecule has 0 amide bonds. The number of halogens is 2. The molecule has 1 unspecified atom stereocenters. The largest absolute Gasteiger partial charge is 0.343 e. The molecule has 7 heteroatoms. The number of aromatic nitrogens is 1. The number of pyridine rings is 1. The van der Waals surface area contributed by atoms with Gasteiger partial charge in [0.05, 0.1) is 26.5 Å². The molecule has 1 aliphatic rings. The van der Waals surface area contributed by atoms with Gasteiger partial charge in [0.1, 0.15) is 5.36 Å². The third-order valence-corrected chi connectivity index (χ3v) is 4.27. The highest BCUT2D eigenvalue weighted by Gasteiger charge is 2.16. The Morgan fingerprint density at radius 1 is 1.04 bits per heavy atom. The minimum absolute atomic E-state index is 0.185. The van der Waals surface area contributed by atoms with Crippen molar-refractivity contribution in [2.24, 2.45) is 9.98 Å². The Morgan fingerprint density at radius 3 is 2.61 bits per heavy atom. The number of hydrogen-bond donors (Lipinski definition) is 2. The summed E-state index contributed by atoms with van der Waals surface area (Å²) in [4.78, 5) is 23.7. The smallest absolute Gasteiger partial charge is 0.258 e. The summed E-state index contributed by atoms with van der Waals surface area (Å²) in [6.07, 6.45) is 1.04. The summed E-state index contributed by atoms with van der Waals surface area (Å²) in [6.45, 7) is 0. The van der Waals surface area contributed by atoms with Gasteiger partial charge in [0.25, 0.3) is 5.56 Å². The van der Waals surface area contributed by atoms with Gasteiger partial charge in [-0.15, -0.1) is 0 Å². The molecule has 0 fully saturated rings. The predicted molar refractivity (Wildman–Crippen MR) is 90.8 cm³/mol. The number of fused-ring (bicyclic) bond motifs is 3. The van der Waals surface area contributed by atoms with Crippen molar-refractivity contribution in [3.05, 3.63) is 73.7 Å². The van der Waals surface area contributed by atoms with Crippen LogP contribution in [0.4, 0.5) is 5.69 Å². The highest BCUT2D eigenvalue weighted by molar-refractivity contribution is 6.39. The second-order valence-corrected chi connectivity index (χ2v) is 5.89. The first-order chi connectivity index (χ1) is 11.1. The lowest BCUT2D eigenvalue weighted by Gasteiger charge is -2.12. The summed E-state index contributed by atoms with van der Waals surface area (Å²) >= 11 is 12.3. The van der Waals surface area contributed by atoms with Crippen LogP contribution in [0.1, 0.15) is 0 Å². The van der Waals surface area contributed by atoms with Crippen molar-refractivity contribution >= 4 is 39.7 Å². The van der Waals surface area contributed by atoms with E-state index in [-0.39, 0.29) is 5.56 Å². The number of hydrogen-bond acceptors (Lipinski definition) is 4. The lowest BCUT2D eigenvalue weighted by molar-refractivity contribution is 0.805. The highest BCUT2D eigenvalue weighted by Crippen LogP contribution is 2.30. The van der Waals surface area contributed by atoms with E-state index in [0.717, 1.165) is 5.39 Å². The van der Waals surface area contributed by atoms with Gasteiger partial charge >= 0.3 is 0 Å². The molecule has 5 nitrogen and oxygen atoms in total. The minimum atomic E-state index is -0.576. The number of rotatable bonds is 2. The van der Waals surface area contributed by atoms with Crippen LogP contribution in [0.15, 0.2) is 57.4 Å². The second-order valence-electron chi connectivity index (χ2n) is 5.08. The first-order valence-corrected chi connectivity index (χ1v) is 7.66. The van der Waals surface area contributed by atoms with E-state index < -0.39 is 6.29 Å². The zero-order valence-corrected chi connectivity index (χ0v) is 13.2. The van der Waals surface area contributed by atoms with Crippen molar-refractivity contribution in [2.75, 3.05) is 5.32 Å². The van der Waals surface area contributed by atoms with Crippen LogP contribution < -0.4 is 21.6 Å². The Kier molecular flexibility index (Phi) is 3.32. The fourth-order valence-electron chi connectivity index (χ4n) is 2.60. The van der Waals surface area contributed by atoms with Gasteiger partial charge in [0, 0.05) is 6.20 Å². The Morgan fingerprint density at radius 2 is 1.83 bits per heavy atom. The van der Waals surface area contributed by atoms with Gasteiger partial charge in [-0.1, -0.05) is 35.3 Å². The van der Waals surface area contributed by atoms with Crippen LogP contribution in [0.5, 0.6) is 0 Å². The van der Waals surface area contributed by atoms with Crippen molar-refractivity contribution in [3.63, 3.8) is 0 Å². The summed E-state index contributed by atoms with van der Waals surface area (Å²) in [6, 6.07) is 10.8. The fraction of sp³-hybridized carbons (Fsp3) is 0.0625. The van der Waals surface area contributed by atoms with E-state index in [1.165, 1.54) is 0 Å². The first kappa shape index (κ1) is 14.2. The third kappa shape index (κ3) is 2.38. The van der Waals surface area contributed by atoms with E-state index in [9.17, 15) is 4.79 Å². The molecule has 1 aliphatic heterocycles. The van der Waals surface area contributed by atoms with Gasteiger partial charge in [-0.2, -0.15) is 0 Å². The molecule has 1 aromatic heterocycles. The molecule has 0 spiro atoms. The zero-order chi connectivity index (χ0) is 16.0. The van der Waals surface area contributed by atoms with Gasteiger partial charge < -0.3 is 10.3 Å². The molecule has 114 valence electrons.